The van der Waals surface area contributed by atoms with Gasteiger partial charge in [-0.3, -0.25) is 9.59 Å². The minimum atomic E-state index is -0.112. The number of nitrogens with one attached hydrogen (secondary N) is 3. The highest BCUT2D eigenvalue weighted by Gasteiger charge is 2.08. The van der Waals surface area contributed by atoms with Crippen LogP contribution in [0.3, 0.4) is 0 Å². The van der Waals surface area contributed by atoms with Gasteiger partial charge in [-0.1, -0.05) is 26.8 Å². The van der Waals surface area contributed by atoms with E-state index in [0.29, 0.717) is 18.5 Å². The molecule has 1 rings (SSSR count). The Kier molecular flexibility index (Phi) is 6.98. The minimum absolute atomic E-state index is 0.0481. The molecular weight excluding hydrogens is 298 g/mol. The van der Waals surface area contributed by atoms with E-state index in [2.05, 4.69) is 16.0 Å². The summed E-state index contributed by atoms with van der Waals surface area (Å²) in [5.74, 6) is 0.116. The van der Waals surface area contributed by atoms with Gasteiger partial charge in [0.25, 0.3) is 0 Å². The van der Waals surface area contributed by atoms with Crippen LogP contribution < -0.4 is 16.0 Å². The largest absolute Gasteiger partial charge is 0.332 e. The molecule has 0 bridgehead atoms. The maximum absolute atomic E-state index is 11.7. The Morgan fingerprint density at radius 3 is 2.45 bits per heavy atom. The van der Waals surface area contributed by atoms with Gasteiger partial charge in [-0.2, -0.15) is 0 Å². The molecule has 1 aromatic carbocycles. The smallest absolute Gasteiger partial charge is 0.226 e. The van der Waals surface area contributed by atoms with Crippen molar-refractivity contribution in [2.45, 2.75) is 40.5 Å². The van der Waals surface area contributed by atoms with E-state index in [-0.39, 0.29) is 22.8 Å². The third-order valence-corrected chi connectivity index (χ3v) is 3.14. The Labute approximate surface area is 136 Å². The van der Waals surface area contributed by atoms with Crippen molar-refractivity contribution in [1.82, 2.24) is 5.32 Å². The predicted molar refractivity (Wildman–Crippen MR) is 93.9 cm³/mol. The Morgan fingerprint density at radius 1 is 1.18 bits per heavy atom. The van der Waals surface area contributed by atoms with E-state index in [1.807, 2.05) is 32.9 Å². The Balaban J connectivity index is 2.69. The van der Waals surface area contributed by atoms with Crippen LogP contribution in [0.25, 0.3) is 0 Å². The molecule has 0 saturated heterocycles. The molecule has 3 N–H and O–H groups in total. The van der Waals surface area contributed by atoms with Crippen molar-refractivity contribution in [2.75, 3.05) is 10.6 Å². The Bertz CT molecular complexity index is 571. The summed E-state index contributed by atoms with van der Waals surface area (Å²) in [6, 6.07) is 5.52. The third kappa shape index (κ3) is 6.22. The van der Waals surface area contributed by atoms with Crippen molar-refractivity contribution in [3.63, 3.8) is 0 Å². The van der Waals surface area contributed by atoms with E-state index < -0.39 is 0 Å². The molecule has 0 atom stereocenters. The molecule has 22 heavy (non-hydrogen) atoms. The fourth-order valence-corrected chi connectivity index (χ4v) is 2.02. The summed E-state index contributed by atoms with van der Waals surface area (Å²) in [7, 11) is 0. The normalized spacial score (nSPS) is 10.2. The molecule has 0 unspecified atom stereocenters. The van der Waals surface area contributed by atoms with Gasteiger partial charge >= 0.3 is 0 Å². The van der Waals surface area contributed by atoms with Gasteiger partial charge in [0.05, 0.1) is 0 Å². The number of thiocarbonyl (C=S) groups is 1. The molecule has 5 nitrogen and oxygen atoms in total. The second kappa shape index (κ2) is 8.48. The van der Waals surface area contributed by atoms with Crippen molar-refractivity contribution in [1.29, 1.82) is 0 Å². The molecule has 120 valence electrons. The number of benzene rings is 1. The van der Waals surface area contributed by atoms with Gasteiger partial charge in [-0.05, 0) is 42.8 Å². The molecule has 0 aliphatic heterocycles. The van der Waals surface area contributed by atoms with Gasteiger partial charge < -0.3 is 16.0 Å². The number of hydrogen-bond donors (Lipinski definition) is 3. The predicted octanol–water partition coefficient (Wildman–Crippen LogP) is 3.20. The molecule has 0 aromatic heterocycles. The van der Waals surface area contributed by atoms with Crippen LogP contribution in [-0.2, 0) is 9.59 Å². The van der Waals surface area contributed by atoms with Crippen LogP contribution in [0, 0.1) is 12.8 Å². The average Bonchev–Trinajstić information content (AvgIpc) is 2.41. The van der Waals surface area contributed by atoms with Crippen LogP contribution in [-0.4, -0.2) is 16.9 Å². The van der Waals surface area contributed by atoms with E-state index in [1.54, 1.807) is 13.0 Å². The zero-order valence-corrected chi connectivity index (χ0v) is 14.3. The number of amides is 2. The first-order valence-corrected chi connectivity index (χ1v) is 7.74. The summed E-state index contributed by atoms with van der Waals surface area (Å²) < 4.78 is 0. The number of hydrogen-bond acceptors (Lipinski definition) is 3. The van der Waals surface area contributed by atoms with Crippen molar-refractivity contribution < 1.29 is 9.59 Å². The Hall–Kier alpha value is -1.95. The second-order valence-electron chi connectivity index (χ2n) is 5.53. The highest BCUT2D eigenvalue weighted by molar-refractivity contribution is 7.80. The maximum atomic E-state index is 11.7. The fraction of sp³-hybridized carbons (Fsp3) is 0.438. The van der Waals surface area contributed by atoms with Crippen LogP contribution in [0.4, 0.5) is 11.4 Å². The molecular formula is C16H23N3O2S. The highest BCUT2D eigenvalue weighted by Crippen LogP contribution is 2.20. The number of carbonyl (C=O) groups excluding carboxylic acids is 2. The average molecular weight is 321 g/mol. The van der Waals surface area contributed by atoms with E-state index in [9.17, 15) is 9.59 Å². The second-order valence-corrected chi connectivity index (χ2v) is 5.94. The fourth-order valence-electron chi connectivity index (χ4n) is 1.78. The number of rotatable bonds is 5. The van der Waals surface area contributed by atoms with Crippen LogP contribution in [0.5, 0.6) is 0 Å². The summed E-state index contributed by atoms with van der Waals surface area (Å²) in [5, 5.41) is 8.68. The lowest BCUT2D eigenvalue weighted by Crippen LogP contribution is -2.34. The molecule has 0 fully saturated rings. The number of aryl methyl sites for hydroxylation is 1. The van der Waals surface area contributed by atoms with Crippen molar-refractivity contribution in [3.05, 3.63) is 23.8 Å². The van der Waals surface area contributed by atoms with Crippen molar-refractivity contribution in [2.24, 2.45) is 5.92 Å². The highest BCUT2D eigenvalue weighted by atomic mass is 32.1. The van der Waals surface area contributed by atoms with Gasteiger partial charge in [-0.25, -0.2) is 0 Å². The molecule has 6 heteroatoms. The van der Waals surface area contributed by atoms with Crippen LogP contribution >= 0.6 is 12.2 Å². The Morgan fingerprint density at radius 2 is 1.86 bits per heavy atom. The lowest BCUT2D eigenvalue weighted by molar-refractivity contribution is -0.120. The molecule has 0 spiro atoms. The van der Waals surface area contributed by atoms with E-state index in [0.717, 1.165) is 11.3 Å². The molecule has 0 aliphatic carbocycles. The van der Waals surface area contributed by atoms with E-state index >= 15 is 0 Å². The summed E-state index contributed by atoms with van der Waals surface area (Å²) in [4.78, 5) is 23.2. The quantitative estimate of drug-likeness (QED) is 0.728. The summed E-state index contributed by atoms with van der Waals surface area (Å²) in [6.07, 6.45) is 0.842. The van der Waals surface area contributed by atoms with Crippen LogP contribution in [0.2, 0.25) is 0 Å². The number of anilines is 2. The molecule has 1 aromatic rings. The SMILES string of the molecule is CCC(=O)Nc1cc(NC(=S)NC(=O)CC(C)C)ccc1C. The summed E-state index contributed by atoms with van der Waals surface area (Å²) >= 11 is 5.12. The third-order valence-electron chi connectivity index (χ3n) is 2.94. The molecule has 0 radical (unpaired) electrons. The van der Waals surface area contributed by atoms with Crippen molar-refractivity contribution >= 4 is 40.5 Å². The standard InChI is InChI=1S/C16H23N3O2S/c1-5-14(20)18-13-9-12(7-6-11(13)4)17-16(22)19-15(21)8-10(2)3/h6-7,9-10H,5,8H2,1-4H3,(H,18,20)(H2,17,19,21,22). The van der Waals surface area contributed by atoms with Crippen molar-refractivity contribution in [3.8, 4) is 0 Å². The maximum Gasteiger partial charge on any atom is 0.226 e. The van der Waals surface area contributed by atoms with Crippen LogP contribution in [0.1, 0.15) is 39.2 Å². The first-order valence-electron chi connectivity index (χ1n) is 7.33. The minimum Gasteiger partial charge on any atom is -0.332 e. The van der Waals surface area contributed by atoms with Gasteiger partial charge in [0, 0.05) is 24.2 Å². The molecule has 2 amide bonds. The van der Waals surface area contributed by atoms with Gasteiger partial charge in [0.1, 0.15) is 0 Å². The molecule has 0 saturated carbocycles. The molecule has 0 aliphatic rings. The van der Waals surface area contributed by atoms with E-state index in [4.69, 9.17) is 12.2 Å². The van der Waals surface area contributed by atoms with Crippen LogP contribution in [0.15, 0.2) is 18.2 Å². The topological polar surface area (TPSA) is 70.2 Å². The zero-order valence-electron chi connectivity index (χ0n) is 13.4. The molecule has 0 heterocycles. The summed E-state index contributed by atoms with van der Waals surface area (Å²) in [6.45, 7) is 7.65. The summed E-state index contributed by atoms with van der Waals surface area (Å²) in [5.41, 5.74) is 2.40. The lowest BCUT2D eigenvalue weighted by atomic mass is 10.1. The van der Waals surface area contributed by atoms with Gasteiger partial charge in [0.15, 0.2) is 5.11 Å². The zero-order chi connectivity index (χ0) is 16.7. The number of carbonyl (C=O) groups is 2. The first kappa shape index (κ1) is 18.1. The van der Waals surface area contributed by atoms with Gasteiger partial charge in [0.2, 0.25) is 11.8 Å². The van der Waals surface area contributed by atoms with E-state index in [1.165, 1.54) is 0 Å². The first-order chi connectivity index (χ1) is 10.3. The lowest BCUT2D eigenvalue weighted by Gasteiger charge is -2.13. The van der Waals surface area contributed by atoms with Gasteiger partial charge in [-0.15, -0.1) is 0 Å². The monoisotopic (exact) mass is 321 g/mol.